The normalized spacial score (nSPS) is 15.6. The van der Waals surface area contributed by atoms with Crippen LogP contribution >= 0.6 is 0 Å². The highest BCUT2D eigenvalue weighted by Crippen LogP contribution is 2.31. The number of rotatable bonds is 6. The van der Waals surface area contributed by atoms with Gasteiger partial charge in [0.2, 0.25) is 0 Å². The Kier molecular flexibility index (Phi) is 8.47. The zero-order valence-corrected chi connectivity index (χ0v) is 17.8. The first-order chi connectivity index (χ1) is 14.2. The number of aliphatic hydroxyl groups excluding tert-OH is 1. The minimum Gasteiger partial charge on any atom is -0.396 e. The number of Topliss-reactive ketones (excluding diaryl/α,β-unsaturated/α-hetero) is 2. The van der Waals surface area contributed by atoms with Crippen LogP contribution in [0.15, 0.2) is 54.6 Å². The number of benzene rings is 2. The first kappa shape index (κ1) is 23.9. The van der Waals surface area contributed by atoms with Crippen molar-refractivity contribution in [2.24, 2.45) is 0 Å². The molecule has 5 nitrogen and oxygen atoms in total. The van der Waals surface area contributed by atoms with Gasteiger partial charge in [-0.25, -0.2) is 0 Å². The van der Waals surface area contributed by atoms with E-state index in [0.29, 0.717) is 30.4 Å². The van der Waals surface area contributed by atoms with Gasteiger partial charge in [-0.15, -0.1) is 0 Å². The molecular weight excluding hydrogens is 380 g/mol. The fourth-order valence-corrected chi connectivity index (χ4v) is 3.53. The highest BCUT2D eigenvalue weighted by molar-refractivity contribution is 6.02. The third-order valence-corrected chi connectivity index (χ3v) is 5.31. The molecule has 0 bridgehead atoms. The van der Waals surface area contributed by atoms with Crippen LogP contribution in [0, 0.1) is 0 Å². The molecule has 1 aliphatic rings. The van der Waals surface area contributed by atoms with Crippen molar-refractivity contribution >= 4 is 11.6 Å². The van der Waals surface area contributed by atoms with Gasteiger partial charge in [-0.3, -0.25) is 9.59 Å². The Hall–Kier alpha value is -2.34. The number of hydrogen-bond acceptors (Lipinski definition) is 5. The zero-order valence-electron chi connectivity index (χ0n) is 17.8. The Morgan fingerprint density at radius 1 is 0.900 bits per heavy atom. The molecule has 0 aromatic heterocycles. The fourth-order valence-electron chi connectivity index (χ4n) is 3.53. The van der Waals surface area contributed by atoms with E-state index in [0.717, 1.165) is 24.8 Å². The molecule has 0 heterocycles. The average Bonchev–Trinajstić information content (AvgIpc) is 2.74. The summed E-state index contributed by atoms with van der Waals surface area (Å²) in [5.74, 6) is -0.402. The number of ketones is 2. The molecule has 0 amide bonds. The highest BCUT2D eigenvalue weighted by Gasteiger charge is 2.37. The van der Waals surface area contributed by atoms with E-state index in [1.807, 2.05) is 18.2 Å². The van der Waals surface area contributed by atoms with Crippen LogP contribution < -0.4 is 0 Å². The third-order valence-electron chi connectivity index (χ3n) is 5.31. The average molecular weight is 413 g/mol. The van der Waals surface area contributed by atoms with Gasteiger partial charge in [0.05, 0.1) is 0 Å². The van der Waals surface area contributed by atoms with Gasteiger partial charge in [-0.05, 0) is 38.7 Å². The quantitative estimate of drug-likeness (QED) is 0.628. The molecule has 0 spiro atoms. The van der Waals surface area contributed by atoms with Crippen molar-refractivity contribution in [3.63, 3.8) is 0 Å². The zero-order chi connectivity index (χ0) is 22.2. The van der Waals surface area contributed by atoms with Crippen LogP contribution in [-0.2, 0) is 6.42 Å². The van der Waals surface area contributed by atoms with E-state index in [1.54, 1.807) is 36.4 Å². The Labute approximate surface area is 178 Å². The molecule has 0 unspecified atom stereocenters. The minimum atomic E-state index is -1.33. The van der Waals surface area contributed by atoms with Crippen molar-refractivity contribution in [3.05, 3.63) is 71.3 Å². The number of carbonyl (C=O) groups excluding carboxylic acids is 2. The van der Waals surface area contributed by atoms with E-state index in [2.05, 4.69) is 0 Å². The molecule has 2 aromatic rings. The van der Waals surface area contributed by atoms with Crippen LogP contribution in [0.5, 0.6) is 0 Å². The molecule has 1 saturated carbocycles. The predicted molar refractivity (Wildman–Crippen MR) is 117 cm³/mol. The first-order valence-corrected chi connectivity index (χ1v) is 10.5. The second-order valence-corrected chi connectivity index (χ2v) is 8.35. The van der Waals surface area contributed by atoms with Crippen molar-refractivity contribution < 1.29 is 24.9 Å². The maximum atomic E-state index is 12.1. The van der Waals surface area contributed by atoms with Crippen LogP contribution in [0.1, 0.15) is 72.2 Å². The molecule has 2 aromatic carbocycles. The summed E-state index contributed by atoms with van der Waals surface area (Å²) < 4.78 is 0. The topological polar surface area (TPSA) is 94.8 Å². The number of carbonyl (C=O) groups is 2. The Bertz CT molecular complexity index is 813. The first-order valence-electron chi connectivity index (χ1n) is 10.5. The van der Waals surface area contributed by atoms with E-state index in [1.165, 1.54) is 13.8 Å². The van der Waals surface area contributed by atoms with Gasteiger partial charge in [-0.1, -0.05) is 73.9 Å². The molecule has 1 aliphatic carbocycles. The summed E-state index contributed by atoms with van der Waals surface area (Å²) in [4.78, 5) is 23.7. The van der Waals surface area contributed by atoms with Crippen LogP contribution in [0.3, 0.4) is 0 Å². The Balaban J connectivity index is 0.000000214. The highest BCUT2D eigenvalue weighted by atomic mass is 16.3. The minimum absolute atomic E-state index is 0.0960. The van der Waals surface area contributed by atoms with Crippen molar-refractivity contribution in [3.8, 4) is 0 Å². The lowest BCUT2D eigenvalue weighted by Crippen LogP contribution is -2.40. The molecule has 3 N–H and O–H groups in total. The third kappa shape index (κ3) is 6.59. The van der Waals surface area contributed by atoms with Crippen molar-refractivity contribution in [1.82, 2.24) is 0 Å². The Morgan fingerprint density at radius 2 is 1.47 bits per heavy atom. The molecule has 0 atom stereocenters. The van der Waals surface area contributed by atoms with Gasteiger partial charge in [0.1, 0.15) is 11.2 Å². The van der Waals surface area contributed by atoms with Gasteiger partial charge >= 0.3 is 0 Å². The Morgan fingerprint density at radius 3 is 1.97 bits per heavy atom. The number of hydrogen-bond donors (Lipinski definition) is 3. The molecule has 5 heteroatoms. The maximum Gasteiger partial charge on any atom is 0.194 e. The summed E-state index contributed by atoms with van der Waals surface area (Å²) in [5, 5.41) is 28.5. The summed E-state index contributed by atoms with van der Waals surface area (Å²) >= 11 is 0. The molecule has 162 valence electrons. The molecule has 30 heavy (non-hydrogen) atoms. The van der Waals surface area contributed by atoms with Crippen LogP contribution in [0.4, 0.5) is 0 Å². The lowest BCUT2D eigenvalue weighted by molar-refractivity contribution is 0.0116. The summed E-state index contributed by atoms with van der Waals surface area (Å²) in [6.07, 6.45) is 4.84. The van der Waals surface area contributed by atoms with Gasteiger partial charge in [0, 0.05) is 17.7 Å². The predicted octanol–water partition coefficient (Wildman–Crippen LogP) is 3.74. The van der Waals surface area contributed by atoms with Crippen molar-refractivity contribution in [2.45, 2.75) is 63.6 Å². The van der Waals surface area contributed by atoms with Crippen LogP contribution in [0.2, 0.25) is 0 Å². The summed E-state index contributed by atoms with van der Waals surface area (Å²) in [6, 6.07) is 16.0. The molecule has 1 fully saturated rings. The van der Waals surface area contributed by atoms with Gasteiger partial charge in [0.25, 0.3) is 0 Å². The van der Waals surface area contributed by atoms with E-state index < -0.39 is 11.2 Å². The van der Waals surface area contributed by atoms with E-state index in [-0.39, 0.29) is 18.2 Å². The summed E-state index contributed by atoms with van der Waals surface area (Å²) in [7, 11) is 0. The molecule has 0 saturated heterocycles. The fraction of sp³-hybridized carbons (Fsp3) is 0.440. The standard InChI is InChI=1S/C13H16O2.C12H16O3/c14-12(11-7-3-1-4-8-11)13(15)9-5-2-6-10-13;1-12(2,15)11(14)10-5-3-9(4-6-10)7-8-13/h1,3-4,7-8,15H,2,5-6,9-10H2;3-6,13,15H,7-8H2,1-2H3. The van der Waals surface area contributed by atoms with Gasteiger partial charge < -0.3 is 15.3 Å². The summed E-state index contributed by atoms with van der Waals surface area (Å²) in [5.41, 5.74) is -0.339. The van der Waals surface area contributed by atoms with E-state index in [9.17, 15) is 19.8 Å². The van der Waals surface area contributed by atoms with Crippen LogP contribution in [-0.4, -0.2) is 44.7 Å². The summed E-state index contributed by atoms with van der Waals surface area (Å²) in [6.45, 7) is 3.03. The van der Waals surface area contributed by atoms with Crippen molar-refractivity contribution in [2.75, 3.05) is 6.61 Å². The number of aliphatic hydroxyl groups is 3. The second kappa shape index (κ2) is 10.6. The maximum absolute atomic E-state index is 12.1. The van der Waals surface area contributed by atoms with E-state index in [4.69, 9.17) is 5.11 Å². The SMILES string of the molecule is CC(C)(O)C(=O)c1ccc(CCO)cc1.O=C(c1ccccc1)C1(O)CCCCC1. The molecular formula is C25H32O5. The molecule has 0 radical (unpaired) electrons. The molecule has 3 rings (SSSR count). The van der Waals surface area contributed by atoms with Gasteiger partial charge in [0.15, 0.2) is 11.6 Å². The monoisotopic (exact) mass is 412 g/mol. The molecule has 0 aliphatic heterocycles. The largest absolute Gasteiger partial charge is 0.396 e. The second-order valence-electron chi connectivity index (χ2n) is 8.35. The van der Waals surface area contributed by atoms with Crippen molar-refractivity contribution in [1.29, 1.82) is 0 Å². The van der Waals surface area contributed by atoms with Gasteiger partial charge in [-0.2, -0.15) is 0 Å². The van der Waals surface area contributed by atoms with E-state index >= 15 is 0 Å². The smallest absolute Gasteiger partial charge is 0.194 e. The lowest BCUT2D eigenvalue weighted by Gasteiger charge is -2.30. The van der Waals surface area contributed by atoms with Crippen LogP contribution in [0.25, 0.3) is 0 Å². The lowest BCUT2D eigenvalue weighted by atomic mass is 9.79.